The molecule has 0 atom stereocenters. The molecule has 1 N–H and O–H groups in total. The van der Waals surface area contributed by atoms with Gasteiger partial charge in [-0.15, -0.1) is 0 Å². The first-order chi connectivity index (χ1) is 2.41. The van der Waals surface area contributed by atoms with Crippen LogP contribution in [0.3, 0.4) is 0 Å². The van der Waals surface area contributed by atoms with Gasteiger partial charge in [-0.2, -0.15) is 0 Å². The van der Waals surface area contributed by atoms with Gasteiger partial charge in [0.1, 0.15) is 11.6 Å². The van der Waals surface area contributed by atoms with Gasteiger partial charge in [0, 0.05) is 7.11 Å². The van der Waals surface area contributed by atoms with E-state index in [1.165, 1.54) is 0 Å². The van der Waals surface area contributed by atoms with Crippen molar-refractivity contribution in [3.63, 3.8) is 0 Å². The molecule has 34 valence electrons. The quantitative estimate of drug-likeness (QED) is 0.397. The number of aliphatic hydroxyl groups is 1. The predicted octanol–water partition coefficient (Wildman–Crippen LogP) is -1.60. The maximum absolute atomic E-state index is 8.40. The topological polar surface area (TPSA) is 54.4 Å². The maximum atomic E-state index is 8.40. The summed E-state index contributed by atoms with van der Waals surface area (Å²) in [5.74, 6) is 0. The Morgan fingerprint density at radius 2 is 1.40 bits per heavy atom. The van der Waals surface area contributed by atoms with Crippen molar-refractivity contribution >= 4 is 11.6 Å². The lowest BCUT2D eigenvalue weighted by Crippen LogP contribution is -1.25. The minimum atomic E-state index is -1.42. The fraction of sp³-hybridized carbons (Fsp3) is 1.00. The van der Waals surface area contributed by atoms with E-state index in [4.69, 9.17) is 13.5 Å². The van der Waals surface area contributed by atoms with Crippen molar-refractivity contribution in [2.75, 3.05) is 7.11 Å². The molecule has 3 nitrogen and oxygen atoms in total. The molecule has 0 spiro atoms. The summed E-state index contributed by atoms with van der Waals surface area (Å²) in [6.45, 7) is 0. The highest BCUT2D eigenvalue weighted by Crippen LogP contribution is 0.846. The van der Waals surface area contributed by atoms with Crippen LogP contribution in [0.25, 0.3) is 0 Å². The molecule has 0 fully saturated rings. The van der Waals surface area contributed by atoms with E-state index < -0.39 is 11.6 Å². The van der Waals surface area contributed by atoms with Gasteiger partial charge >= 0.3 is 0 Å². The zero-order chi connectivity index (χ0) is 4.71. The highest BCUT2D eigenvalue weighted by atomic mass is 32.1. The third-order valence-corrected chi connectivity index (χ3v) is 0. The Labute approximate surface area is 33.2 Å². The molecule has 0 heterocycles. The molecule has 0 aliphatic carbocycles. The molecule has 4 heteroatoms. The molecular weight excluding hydrogens is 92.1 g/mol. The van der Waals surface area contributed by atoms with Gasteiger partial charge < -0.3 is 5.11 Å². The van der Waals surface area contributed by atoms with Crippen LogP contribution in [-0.4, -0.2) is 20.6 Å². The van der Waals surface area contributed by atoms with Crippen LogP contribution in [0.2, 0.25) is 0 Å². The molecule has 0 unspecified atom stereocenters. The van der Waals surface area contributed by atoms with Crippen LogP contribution in [0.4, 0.5) is 0 Å². The lowest BCUT2D eigenvalue weighted by Gasteiger charge is -1.21. The van der Waals surface area contributed by atoms with Crippen molar-refractivity contribution in [2.24, 2.45) is 0 Å². The second-order valence-corrected chi connectivity index (χ2v) is 0.250. The summed E-state index contributed by atoms with van der Waals surface area (Å²) in [5.41, 5.74) is 0. The largest absolute Gasteiger partial charge is 0.400 e. The molecule has 5 heavy (non-hydrogen) atoms. The van der Waals surface area contributed by atoms with Gasteiger partial charge in [-0.1, -0.05) is 0 Å². The summed E-state index contributed by atoms with van der Waals surface area (Å²) in [5, 5.41) is 7.00. The summed E-state index contributed by atoms with van der Waals surface area (Å²) in [6, 6.07) is 0. The van der Waals surface area contributed by atoms with Gasteiger partial charge in [0.2, 0.25) is 0 Å². The Balaban J connectivity index is 0. The fourth-order valence-corrected chi connectivity index (χ4v) is 0. The van der Waals surface area contributed by atoms with E-state index in [0.29, 0.717) is 0 Å². The van der Waals surface area contributed by atoms with Crippen LogP contribution in [0.5, 0.6) is 0 Å². The van der Waals surface area contributed by atoms with Crippen LogP contribution in [0.1, 0.15) is 0 Å². The van der Waals surface area contributed by atoms with E-state index in [0.717, 1.165) is 7.11 Å². The Kier molecular flexibility index (Phi) is 70.9. The normalized spacial score (nSPS) is 4.40. The first-order valence-corrected chi connectivity index (χ1v) is 1.67. The first-order valence-electron chi connectivity index (χ1n) is 0.855. The van der Waals surface area contributed by atoms with Crippen molar-refractivity contribution in [3.05, 3.63) is 0 Å². The molecule has 0 aromatic rings. The summed E-state index contributed by atoms with van der Waals surface area (Å²) < 4.78 is 16.8. The molecule has 0 aliphatic heterocycles. The van der Waals surface area contributed by atoms with E-state index in [2.05, 4.69) is 0 Å². The smallest absolute Gasteiger partial charge is 0.129 e. The monoisotopic (exact) mass is 98.0 g/mol. The van der Waals surface area contributed by atoms with E-state index in [-0.39, 0.29) is 0 Å². The molecule has 0 amide bonds. The van der Waals surface area contributed by atoms with Crippen LogP contribution in [0.15, 0.2) is 0 Å². The summed E-state index contributed by atoms with van der Waals surface area (Å²) in [6.07, 6.45) is 0. The van der Waals surface area contributed by atoms with Crippen LogP contribution in [0, 0.1) is 0 Å². The molecule has 0 saturated heterocycles. The number of hydrogen-bond donors (Lipinski definition) is 1. The van der Waals surface area contributed by atoms with E-state index >= 15 is 0 Å². The van der Waals surface area contributed by atoms with Gasteiger partial charge in [-0.3, -0.25) is 0 Å². The van der Waals surface area contributed by atoms with E-state index in [1.807, 2.05) is 0 Å². The van der Waals surface area contributed by atoms with Crippen molar-refractivity contribution in [1.29, 1.82) is 0 Å². The molecule has 0 radical (unpaired) electrons. The molecule has 0 aromatic carbocycles. The molecule has 0 rings (SSSR count). The van der Waals surface area contributed by atoms with Crippen molar-refractivity contribution in [2.45, 2.75) is 0 Å². The maximum Gasteiger partial charge on any atom is 0.129 e. The van der Waals surface area contributed by atoms with Crippen molar-refractivity contribution < 1.29 is 13.5 Å². The minimum Gasteiger partial charge on any atom is -0.400 e. The molecule has 0 bridgehead atoms. The molecule has 0 aromatic heterocycles. The van der Waals surface area contributed by atoms with Crippen LogP contribution in [-0.2, 0) is 11.6 Å². The zero-order valence-electron chi connectivity index (χ0n) is 2.76. The van der Waals surface area contributed by atoms with Gasteiger partial charge in [0.15, 0.2) is 0 Å². The average Bonchev–Trinajstić information content (AvgIpc) is 1.46. The Hall–Kier alpha value is -0.0900. The lowest BCUT2D eigenvalue weighted by atomic mass is 11.8. The summed E-state index contributed by atoms with van der Waals surface area (Å²) in [4.78, 5) is 0. The second-order valence-electron chi connectivity index (χ2n) is 0.0833. The predicted molar refractivity (Wildman–Crippen MR) is 19.9 cm³/mol. The standard InChI is InChI=1S/CH4O.H2O2S/c1-2;1-3-2/h2H,1H3;3H2. The van der Waals surface area contributed by atoms with Gasteiger partial charge in [0.25, 0.3) is 0 Å². The van der Waals surface area contributed by atoms with E-state index in [1.54, 1.807) is 0 Å². The summed E-state index contributed by atoms with van der Waals surface area (Å²) in [7, 11) is 1.00. The van der Waals surface area contributed by atoms with Gasteiger partial charge in [-0.25, -0.2) is 8.42 Å². The van der Waals surface area contributed by atoms with Crippen molar-refractivity contribution in [3.8, 4) is 0 Å². The Morgan fingerprint density at radius 1 is 1.40 bits per heavy atom. The zero-order valence-corrected chi connectivity index (χ0v) is 3.76. The SMILES string of the molecule is CO.O=[SH2]=O. The third kappa shape index (κ3) is 1760. The summed E-state index contributed by atoms with van der Waals surface area (Å²) >= 11 is -1.42. The minimum absolute atomic E-state index is 1.00. The molecule has 0 saturated carbocycles. The highest BCUT2D eigenvalue weighted by molar-refractivity contribution is 7.51. The lowest BCUT2D eigenvalue weighted by molar-refractivity contribution is 0.399. The third-order valence-electron chi connectivity index (χ3n) is 0. The number of hydrogen-bond acceptors (Lipinski definition) is 3. The van der Waals surface area contributed by atoms with Crippen molar-refractivity contribution in [1.82, 2.24) is 0 Å². The fourth-order valence-electron chi connectivity index (χ4n) is 0. The second kappa shape index (κ2) is 40.0. The van der Waals surface area contributed by atoms with Gasteiger partial charge in [-0.05, 0) is 0 Å². The molecular formula is CH6O3S. The molecule has 0 aliphatic rings. The van der Waals surface area contributed by atoms with Crippen LogP contribution >= 0.6 is 0 Å². The highest BCUT2D eigenvalue weighted by Gasteiger charge is 0.964. The van der Waals surface area contributed by atoms with Crippen LogP contribution < -0.4 is 0 Å². The van der Waals surface area contributed by atoms with E-state index in [9.17, 15) is 0 Å². The number of aliphatic hydroxyl groups excluding tert-OH is 1. The first kappa shape index (κ1) is 8.86. The Morgan fingerprint density at radius 3 is 1.40 bits per heavy atom. The average molecular weight is 98.1 g/mol. The van der Waals surface area contributed by atoms with Gasteiger partial charge in [0.05, 0.1) is 0 Å². The number of rotatable bonds is 0. The Bertz CT molecular complexity index is 27.9.